The molecule has 0 amide bonds. The minimum Gasteiger partial charge on any atom is -0.504 e. The van der Waals surface area contributed by atoms with Crippen molar-refractivity contribution in [3.8, 4) is 11.5 Å². The molecule has 0 bridgehead atoms. The Labute approximate surface area is 204 Å². The van der Waals surface area contributed by atoms with E-state index in [1.54, 1.807) is 13.2 Å². The maximum absolute atomic E-state index is 10.2. The van der Waals surface area contributed by atoms with Crippen LogP contribution in [0.3, 0.4) is 0 Å². The number of piperidine rings is 1. The highest BCUT2D eigenvalue weighted by Crippen LogP contribution is 2.43. The molecular formula is C26H37N3O4Si. The second kappa shape index (κ2) is 9.32. The molecule has 184 valence electrons. The van der Waals surface area contributed by atoms with Crippen molar-refractivity contribution < 1.29 is 19.5 Å². The van der Waals surface area contributed by atoms with Gasteiger partial charge < -0.3 is 19.5 Å². The third kappa shape index (κ3) is 4.99. The SMILES string of the molecule is COc1cc2c(cc1O)CCN1C[C@@H](c3cc(C(C)(C)O[SiH2]C(C)(C)C)ccn3)C(=NO)C[C@H]21. The molecule has 2 aliphatic heterocycles. The molecule has 1 aromatic heterocycles. The quantitative estimate of drug-likeness (QED) is 0.375. The molecular weight excluding hydrogens is 446 g/mol. The topological polar surface area (TPSA) is 87.4 Å². The molecule has 8 heteroatoms. The maximum Gasteiger partial charge on any atom is 0.168 e. The van der Waals surface area contributed by atoms with Gasteiger partial charge in [-0.15, -0.1) is 0 Å². The molecule has 3 heterocycles. The number of aromatic hydroxyl groups is 1. The third-order valence-electron chi connectivity index (χ3n) is 6.96. The summed E-state index contributed by atoms with van der Waals surface area (Å²) in [4.78, 5) is 7.12. The van der Waals surface area contributed by atoms with Crippen molar-refractivity contribution in [3.05, 3.63) is 52.8 Å². The van der Waals surface area contributed by atoms with Crippen LogP contribution in [-0.4, -0.2) is 55.9 Å². The van der Waals surface area contributed by atoms with Crippen LogP contribution in [0.15, 0.2) is 35.6 Å². The summed E-state index contributed by atoms with van der Waals surface area (Å²) in [6.07, 6.45) is 3.30. The van der Waals surface area contributed by atoms with Crippen LogP contribution in [0, 0.1) is 0 Å². The number of nitrogens with zero attached hydrogens (tertiary/aromatic N) is 3. The van der Waals surface area contributed by atoms with Gasteiger partial charge in [0.25, 0.3) is 0 Å². The van der Waals surface area contributed by atoms with Gasteiger partial charge in [0.1, 0.15) is 0 Å². The molecule has 1 fully saturated rings. The summed E-state index contributed by atoms with van der Waals surface area (Å²) in [7, 11) is 0.843. The minimum atomic E-state index is -0.720. The lowest BCUT2D eigenvalue weighted by atomic mass is 9.80. The first-order valence-corrected chi connectivity index (χ1v) is 13.3. The highest BCUT2D eigenvalue weighted by molar-refractivity contribution is 6.31. The monoisotopic (exact) mass is 483 g/mol. The summed E-state index contributed by atoms with van der Waals surface area (Å²) >= 11 is 0. The predicted molar refractivity (Wildman–Crippen MR) is 136 cm³/mol. The number of phenols is 1. The summed E-state index contributed by atoms with van der Waals surface area (Å²) in [6, 6.07) is 7.96. The summed E-state index contributed by atoms with van der Waals surface area (Å²) in [6.45, 7) is 12.5. The first-order valence-electron chi connectivity index (χ1n) is 12.0. The average Bonchev–Trinajstić information content (AvgIpc) is 2.81. The fourth-order valence-electron chi connectivity index (χ4n) is 4.94. The molecule has 2 atom stereocenters. The lowest BCUT2D eigenvalue weighted by Crippen LogP contribution is -2.45. The van der Waals surface area contributed by atoms with Gasteiger partial charge in [0.05, 0.1) is 30.0 Å². The van der Waals surface area contributed by atoms with E-state index in [1.165, 1.54) is 0 Å². The number of aromatic nitrogens is 1. The number of fused-ring (bicyclic) bond motifs is 3. The largest absolute Gasteiger partial charge is 0.504 e. The molecule has 0 saturated carbocycles. The number of hydrogen-bond donors (Lipinski definition) is 2. The van der Waals surface area contributed by atoms with Crippen molar-refractivity contribution >= 4 is 15.5 Å². The van der Waals surface area contributed by atoms with E-state index >= 15 is 0 Å². The Morgan fingerprint density at radius 3 is 2.62 bits per heavy atom. The molecule has 0 unspecified atom stereocenters. The fourth-order valence-corrected chi connectivity index (χ4v) is 5.90. The molecule has 0 spiro atoms. The predicted octanol–water partition coefficient (Wildman–Crippen LogP) is 4.27. The van der Waals surface area contributed by atoms with E-state index in [9.17, 15) is 10.3 Å². The van der Waals surface area contributed by atoms with E-state index in [4.69, 9.17) is 9.16 Å². The average molecular weight is 484 g/mol. The lowest BCUT2D eigenvalue weighted by molar-refractivity contribution is 0.109. The zero-order chi connectivity index (χ0) is 24.7. The van der Waals surface area contributed by atoms with Gasteiger partial charge in [-0.1, -0.05) is 25.9 Å². The van der Waals surface area contributed by atoms with Crippen LogP contribution >= 0.6 is 0 Å². The molecule has 2 N–H and O–H groups in total. The van der Waals surface area contributed by atoms with Crippen molar-refractivity contribution in [1.82, 2.24) is 9.88 Å². The van der Waals surface area contributed by atoms with E-state index in [1.807, 2.05) is 18.3 Å². The zero-order valence-corrected chi connectivity index (χ0v) is 22.5. The Bertz CT molecular complexity index is 1080. The van der Waals surface area contributed by atoms with Crippen LogP contribution in [0.25, 0.3) is 0 Å². The highest BCUT2D eigenvalue weighted by Gasteiger charge is 2.39. The molecule has 34 heavy (non-hydrogen) atoms. The van der Waals surface area contributed by atoms with Crippen molar-refractivity contribution in [3.63, 3.8) is 0 Å². The van der Waals surface area contributed by atoms with Gasteiger partial charge in [-0.05, 0) is 66.3 Å². The smallest absolute Gasteiger partial charge is 0.168 e. The molecule has 0 aliphatic carbocycles. The summed E-state index contributed by atoms with van der Waals surface area (Å²) in [5.41, 5.74) is 4.59. The molecule has 1 saturated heterocycles. The van der Waals surface area contributed by atoms with Gasteiger partial charge in [0.15, 0.2) is 21.3 Å². The second-order valence-corrected chi connectivity index (χ2v) is 13.9. The van der Waals surface area contributed by atoms with E-state index < -0.39 is 15.4 Å². The number of methoxy groups -OCH3 is 1. The van der Waals surface area contributed by atoms with Crippen LogP contribution in [0.2, 0.25) is 5.04 Å². The number of phenolic OH excluding ortho intramolecular Hbond substituents is 1. The van der Waals surface area contributed by atoms with Gasteiger partial charge in [0.2, 0.25) is 0 Å². The second-order valence-electron chi connectivity index (χ2n) is 11.2. The summed E-state index contributed by atoms with van der Waals surface area (Å²) < 4.78 is 11.8. The van der Waals surface area contributed by atoms with Gasteiger partial charge in [-0.2, -0.15) is 0 Å². The minimum absolute atomic E-state index is 0.0844. The lowest BCUT2D eigenvalue weighted by Gasteiger charge is -2.43. The van der Waals surface area contributed by atoms with Gasteiger partial charge in [-0.25, -0.2) is 0 Å². The van der Waals surface area contributed by atoms with Crippen LogP contribution in [0.4, 0.5) is 0 Å². The van der Waals surface area contributed by atoms with E-state index in [0.717, 1.165) is 47.6 Å². The Balaban J connectivity index is 1.60. The van der Waals surface area contributed by atoms with Crippen molar-refractivity contribution in [2.75, 3.05) is 20.2 Å². The standard InChI is InChI=1S/C26H37N3O4Si/c1-25(2,3)34-33-26(4,5)17-7-9-27-20(12-17)19-15-29-10-8-16-11-23(30)24(32-6)13-18(16)22(29)14-21(19)28-31/h7,9,11-13,19,22,30-31H,8,10,14-15,34H2,1-6H3/t19-,22+/m0/s1. The van der Waals surface area contributed by atoms with Gasteiger partial charge in [-0.3, -0.25) is 9.88 Å². The Kier molecular flexibility index (Phi) is 6.77. The van der Waals surface area contributed by atoms with Crippen molar-refractivity contribution in [1.29, 1.82) is 0 Å². The number of benzene rings is 1. The zero-order valence-electron chi connectivity index (χ0n) is 21.1. The van der Waals surface area contributed by atoms with Gasteiger partial charge in [0, 0.05) is 31.7 Å². The van der Waals surface area contributed by atoms with Gasteiger partial charge >= 0.3 is 0 Å². The molecule has 0 radical (unpaired) electrons. The van der Waals surface area contributed by atoms with E-state index in [2.05, 4.69) is 55.7 Å². The molecule has 4 rings (SSSR count). The van der Waals surface area contributed by atoms with Crippen LogP contribution in [0.5, 0.6) is 11.5 Å². The molecule has 1 aromatic carbocycles. The van der Waals surface area contributed by atoms with Crippen molar-refractivity contribution in [2.45, 2.75) is 70.1 Å². The number of hydrogen-bond acceptors (Lipinski definition) is 7. The number of ether oxygens (including phenoxy) is 1. The molecule has 2 aliphatic rings. The molecule has 7 nitrogen and oxygen atoms in total. The van der Waals surface area contributed by atoms with E-state index in [0.29, 0.717) is 12.2 Å². The molecule has 2 aromatic rings. The maximum atomic E-state index is 10.2. The van der Waals surface area contributed by atoms with Crippen LogP contribution < -0.4 is 4.74 Å². The fraction of sp³-hybridized carbons (Fsp3) is 0.538. The third-order valence-corrected chi connectivity index (χ3v) is 8.69. The number of pyridine rings is 1. The summed E-state index contributed by atoms with van der Waals surface area (Å²) in [5.74, 6) is 0.554. The Morgan fingerprint density at radius 2 is 1.94 bits per heavy atom. The summed E-state index contributed by atoms with van der Waals surface area (Å²) in [5, 5.41) is 24.1. The normalized spacial score (nSPS) is 22.7. The number of rotatable bonds is 5. The first-order chi connectivity index (χ1) is 16.0. The number of oxime groups is 1. The Hall–Kier alpha value is -2.42. The van der Waals surface area contributed by atoms with Crippen LogP contribution in [0.1, 0.15) is 75.4 Å². The van der Waals surface area contributed by atoms with E-state index in [-0.39, 0.29) is 22.7 Å². The Morgan fingerprint density at radius 1 is 1.18 bits per heavy atom. The van der Waals surface area contributed by atoms with Crippen molar-refractivity contribution in [2.24, 2.45) is 5.16 Å². The highest BCUT2D eigenvalue weighted by atomic mass is 28.2. The van der Waals surface area contributed by atoms with Crippen LogP contribution in [-0.2, 0) is 16.4 Å². The first kappa shape index (κ1) is 24.7.